The highest BCUT2D eigenvalue weighted by Gasteiger charge is 2.42. The van der Waals surface area contributed by atoms with Crippen LogP contribution >= 0.6 is 11.3 Å². The van der Waals surface area contributed by atoms with Crippen molar-refractivity contribution in [3.63, 3.8) is 0 Å². The number of rotatable bonds is 11. The second-order valence-electron chi connectivity index (χ2n) is 14.9. The van der Waals surface area contributed by atoms with Gasteiger partial charge in [-0.1, -0.05) is 45.0 Å². The molecule has 3 aliphatic rings. The molecule has 3 atom stereocenters. The smallest absolute Gasteiger partial charge is 0.246 e. The molecule has 256 valence electrons. The zero-order valence-corrected chi connectivity index (χ0v) is 29.5. The molecule has 47 heavy (non-hydrogen) atoms. The number of hydrogen-bond donors (Lipinski definition) is 3. The van der Waals surface area contributed by atoms with E-state index >= 15 is 0 Å². The average Bonchev–Trinajstić information content (AvgIpc) is 3.70. The number of hydrogen-bond acceptors (Lipinski definition) is 7. The largest absolute Gasteiger partial charge is 0.348 e. The van der Waals surface area contributed by atoms with Crippen LogP contribution < -0.4 is 16.0 Å². The Kier molecular flexibility index (Phi) is 11.1. The Hall–Kier alpha value is -3.31. The number of benzene rings is 1. The van der Waals surface area contributed by atoms with E-state index in [0.29, 0.717) is 37.6 Å². The maximum absolute atomic E-state index is 13.9. The molecular formula is C36H52N6O4S. The van der Waals surface area contributed by atoms with E-state index in [1.54, 1.807) is 16.2 Å². The molecule has 1 aromatic carbocycles. The van der Waals surface area contributed by atoms with Crippen molar-refractivity contribution in [1.82, 2.24) is 30.7 Å². The Balaban J connectivity index is 1.10. The summed E-state index contributed by atoms with van der Waals surface area (Å²) in [4.78, 5) is 62.3. The first-order chi connectivity index (χ1) is 22.4. The van der Waals surface area contributed by atoms with Crippen molar-refractivity contribution in [3.8, 4) is 10.4 Å². The van der Waals surface area contributed by atoms with Gasteiger partial charge < -0.3 is 25.8 Å². The summed E-state index contributed by atoms with van der Waals surface area (Å²) < 4.78 is 0. The molecule has 10 nitrogen and oxygen atoms in total. The van der Waals surface area contributed by atoms with Crippen molar-refractivity contribution in [2.45, 2.75) is 104 Å². The number of aryl methyl sites for hydroxylation is 1. The van der Waals surface area contributed by atoms with Crippen molar-refractivity contribution < 1.29 is 19.2 Å². The summed E-state index contributed by atoms with van der Waals surface area (Å²) in [6, 6.07) is 6.58. The number of nitrogens with zero attached hydrogens (tertiary/aromatic N) is 3. The summed E-state index contributed by atoms with van der Waals surface area (Å²) in [7, 11) is 0. The Morgan fingerprint density at radius 2 is 1.70 bits per heavy atom. The lowest BCUT2D eigenvalue weighted by molar-refractivity contribution is -0.144. The number of thiazole rings is 1. The molecule has 4 amide bonds. The molecule has 3 unspecified atom stereocenters. The highest BCUT2D eigenvalue weighted by atomic mass is 32.1. The Morgan fingerprint density at radius 3 is 2.30 bits per heavy atom. The minimum atomic E-state index is -0.758. The van der Waals surface area contributed by atoms with Crippen LogP contribution in [0, 0.1) is 17.8 Å². The maximum Gasteiger partial charge on any atom is 0.246 e. The van der Waals surface area contributed by atoms with Gasteiger partial charge in [-0.25, -0.2) is 4.98 Å². The van der Waals surface area contributed by atoms with E-state index in [4.69, 9.17) is 0 Å². The van der Waals surface area contributed by atoms with Gasteiger partial charge in [0.25, 0.3) is 0 Å². The average molecular weight is 665 g/mol. The van der Waals surface area contributed by atoms with Gasteiger partial charge in [0.05, 0.1) is 22.1 Å². The first-order valence-corrected chi connectivity index (χ1v) is 18.1. The summed E-state index contributed by atoms with van der Waals surface area (Å²) in [6.07, 6.45) is 5.37. The van der Waals surface area contributed by atoms with Gasteiger partial charge in [-0.2, -0.15) is 0 Å². The fraction of sp³-hybridized carbons (Fsp3) is 0.639. The lowest BCUT2D eigenvalue weighted by Gasteiger charge is -2.48. The van der Waals surface area contributed by atoms with E-state index in [-0.39, 0.29) is 36.1 Å². The molecule has 11 heteroatoms. The number of unbranched alkanes of at least 4 members (excludes halogenated alkanes) is 1. The van der Waals surface area contributed by atoms with E-state index in [9.17, 15) is 19.2 Å². The van der Waals surface area contributed by atoms with E-state index < -0.39 is 17.5 Å². The molecule has 3 saturated heterocycles. The van der Waals surface area contributed by atoms with Crippen LogP contribution in [0.4, 0.5) is 0 Å². The van der Waals surface area contributed by atoms with E-state index in [1.165, 1.54) is 0 Å². The highest BCUT2D eigenvalue weighted by Crippen LogP contribution is 2.35. The Bertz CT molecular complexity index is 1420. The van der Waals surface area contributed by atoms with Gasteiger partial charge in [0, 0.05) is 45.6 Å². The molecule has 0 radical (unpaired) electrons. The predicted molar refractivity (Wildman–Crippen MR) is 185 cm³/mol. The van der Waals surface area contributed by atoms with Gasteiger partial charge in [-0.3, -0.25) is 19.2 Å². The lowest BCUT2D eigenvalue weighted by Crippen LogP contribution is -2.58. The molecule has 4 heterocycles. The SMILES string of the molecule is Cc1ncsc1-c1ccc(C(C)NC(=O)C2CCCN2C(=O)C(NC(=O)CCCCC(=O)N2CCC3(CC2)CNC3)C(C)(C)C)cc1. The van der Waals surface area contributed by atoms with Crippen LogP contribution in [-0.4, -0.2) is 83.2 Å². The molecule has 1 aromatic heterocycles. The first-order valence-electron chi connectivity index (χ1n) is 17.3. The third kappa shape index (κ3) is 8.41. The monoisotopic (exact) mass is 664 g/mol. The first kappa shape index (κ1) is 35.0. The van der Waals surface area contributed by atoms with Crippen molar-refractivity contribution in [2.75, 3.05) is 32.7 Å². The van der Waals surface area contributed by atoms with Gasteiger partial charge in [-0.05, 0) is 74.3 Å². The number of piperidine rings is 1. The third-order valence-electron chi connectivity index (χ3n) is 10.3. The van der Waals surface area contributed by atoms with Crippen LogP contribution in [0.15, 0.2) is 29.8 Å². The molecule has 0 aliphatic carbocycles. The number of amides is 4. The van der Waals surface area contributed by atoms with Gasteiger partial charge in [0.1, 0.15) is 12.1 Å². The van der Waals surface area contributed by atoms with Crippen LogP contribution in [0.3, 0.4) is 0 Å². The minimum absolute atomic E-state index is 0.172. The molecule has 3 N–H and O–H groups in total. The second kappa shape index (κ2) is 14.8. The molecule has 1 spiro atoms. The van der Waals surface area contributed by atoms with Crippen molar-refractivity contribution in [1.29, 1.82) is 0 Å². The zero-order valence-electron chi connectivity index (χ0n) is 28.7. The third-order valence-corrected chi connectivity index (χ3v) is 11.2. The molecule has 3 aliphatic heterocycles. The summed E-state index contributed by atoms with van der Waals surface area (Å²) in [6.45, 7) is 14.0. The molecular weight excluding hydrogens is 613 g/mol. The summed E-state index contributed by atoms with van der Waals surface area (Å²) in [5.74, 6) is -0.428. The van der Waals surface area contributed by atoms with Gasteiger partial charge in [0.2, 0.25) is 23.6 Å². The van der Waals surface area contributed by atoms with Crippen LogP contribution in [0.25, 0.3) is 10.4 Å². The summed E-state index contributed by atoms with van der Waals surface area (Å²) in [5.41, 5.74) is 4.78. The van der Waals surface area contributed by atoms with Crippen LogP contribution in [0.2, 0.25) is 0 Å². The standard InChI is InChI=1S/C36H52N6O4S/c1-24(26-12-14-27(15-13-26)31-25(2)38-23-47-31)39-33(45)28-9-8-18-42(28)34(46)32(35(3,4)5)40-29(43)10-6-7-11-30(44)41-19-16-36(17-20-41)21-37-22-36/h12-15,23-24,28,32,37H,6-11,16-22H2,1-5H3,(H,39,45)(H,40,43). The van der Waals surface area contributed by atoms with E-state index in [0.717, 1.165) is 67.1 Å². The second-order valence-corrected chi connectivity index (χ2v) is 15.7. The van der Waals surface area contributed by atoms with Gasteiger partial charge in [0.15, 0.2) is 0 Å². The maximum atomic E-state index is 13.9. The normalized spacial score (nSPS) is 20.4. The van der Waals surface area contributed by atoms with E-state index in [1.807, 2.05) is 57.2 Å². The molecule has 5 rings (SSSR count). The minimum Gasteiger partial charge on any atom is -0.348 e. The topological polar surface area (TPSA) is 124 Å². The molecule has 0 saturated carbocycles. The number of aromatic nitrogens is 1. The highest BCUT2D eigenvalue weighted by molar-refractivity contribution is 7.13. The molecule has 3 fully saturated rings. The van der Waals surface area contributed by atoms with Crippen LogP contribution in [0.5, 0.6) is 0 Å². The summed E-state index contributed by atoms with van der Waals surface area (Å²) in [5, 5.41) is 9.46. The van der Waals surface area contributed by atoms with Crippen molar-refractivity contribution in [2.24, 2.45) is 10.8 Å². The zero-order chi connectivity index (χ0) is 33.8. The van der Waals surface area contributed by atoms with Crippen LogP contribution in [0.1, 0.15) is 96.4 Å². The van der Waals surface area contributed by atoms with Gasteiger partial charge in [-0.15, -0.1) is 11.3 Å². The number of carbonyl (C=O) groups excluding carboxylic acids is 4. The quantitative estimate of drug-likeness (QED) is 0.302. The Labute approximate surface area is 283 Å². The summed E-state index contributed by atoms with van der Waals surface area (Å²) >= 11 is 1.61. The number of nitrogens with one attached hydrogen (secondary N) is 3. The predicted octanol–water partition coefficient (Wildman–Crippen LogP) is 4.59. The van der Waals surface area contributed by atoms with Crippen molar-refractivity contribution >= 4 is 35.0 Å². The number of likely N-dealkylation sites (tertiary alicyclic amines) is 2. The number of carbonyl (C=O) groups is 4. The molecule has 0 bridgehead atoms. The lowest BCUT2D eigenvalue weighted by atomic mass is 9.73. The van der Waals surface area contributed by atoms with Gasteiger partial charge >= 0.3 is 0 Å². The van der Waals surface area contributed by atoms with E-state index in [2.05, 4.69) is 33.1 Å². The van der Waals surface area contributed by atoms with Crippen molar-refractivity contribution in [3.05, 3.63) is 41.0 Å². The fourth-order valence-corrected chi connectivity index (χ4v) is 7.84. The van der Waals surface area contributed by atoms with Crippen LogP contribution in [-0.2, 0) is 19.2 Å². The molecule has 2 aromatic rings. The Morgan fingerprint density at radius 1 is 1.02 bits per heavy atom. The fourth-order valence-electron chi connectivity index (χ4n) is 7.03.